The molecule has 1 saturated heterocycles. The SMILES string of the molecule is CC1CCCN(Cc2ccc(C(=O)NCCc3ccc(F)cc3)cc2)C1. The van der Waals surface area contributed by atoms with Gasteiger partial charge in [-0.3, -0.25) is 9.69 Å². The molecule has 1 N–H and O–H groups in total. The highest BCUT2D eigenvalue weighted by Crippen LogP contribution is 2.18. The second-order valence-corrected chi connectivity index (χ2v) is 7.31. The molecule has 0 bridgehead atoms. The first-order valence-corrected chi connectivity index (χ1v) is 9.44. The molecular formula is C22H27FN2O. The predicted octanol–water partition coefficient (Wildman–Crippen LogP) is 4.03. The molecule has 138 valence electrons. The lowest BCUT2D eigenvalue weighted by Gasteiger charge is -2.30. The zero-order valence-corrected chi connectivity index (χ0v) is 15.4. The fourth-order valence-corrected chi connectivity index (χ4v) is 3.52. The summed E-state index contributed by atoms with van der Waals surface area (Å²) in [6.07, 6.45) is 3.29. The summed E-state index contributed by atoms with van der Waals surface area (Å²) in [5.41, 5.74) is 2.94. The van der Waals surface area contributed by atoms with Crippen LogP contribution >= 0.6 is 0 Å². The van der Waals surface area contributed by atoms with E-state index in [1.807, 2.05) is 24.3 Å². The number of amides is 1. The van der Waals surface area contributed by atoms with Crippen LogP contribution in [0.3, 0.4) is 0 Å². The lowest BCUT2D eigenvalue weighted by Crippen LogP contribution is -2.33. The average Bonchev–Trinajstić information content (AvgIpc) is 2.64. The number of nitrogens with zero attached hydrogens (tertiary/aromatic N) is 1. The van der Waals surface area contributed by atoms with Crippen molar-refractivity contribution in [2.24, 2.45) is 5.92 Å². The number of halogens is 1. The fourth-order valence-electron chi connectivity index (χ4n) is 3.52. The van der Waals surface area contributed by atoms with Crippen molar-refractivity contribution in [2.75, 3.05) is 19.6 Å². The summed E-state index contributed by atoms with van der Waals surface area (Å²) in [5.74, 6) is 0.469. The molecule has 0 saturated carbocycles. The highest BCUT2D eigenvalue weighted by molar-refractivity contribution is 5.94. The number of hydrogen-bond donors (Lipinski definition) is 1. The maximum absolute atomic E-state index is 12.9. The molecular weight excluding hydrogens is 327 g/mol. The van der Waals surface area contributed by atoms with Crippen LogP contribution in [0.4, 0.5) is 4.39 Å². The molecule has 26 heavy (non-hydrogen) atoms. The summed E-state index contributed by atoms with van der Waals surface area (Å²) in [6.45, 7) is 6.13. The van der Waals surface area contributed by atoms with Crippen LogP contribution < -0.4 is 5.32 Å². The Labute approximate surface area is 155 Å². The Balaban J connectivity index is 1.46. The van der Waals surface area contributed by atoms with Gasteiger partial charge in [0, 0.05) is 25.2 Å². The zero-order chi connectivity index (χ0) is 18.4. The summed E-state index contributed by atoms with van der Waals surface area (Å²) in [5, 5.41) is 2.93. The van der Waals surface area contributed by atoms with Gasteiger partial charge in [0.1, 0.15) is 5.82 Å². The summed E-state index contributed by atoms with van der Waals surface area (Å²) >= 11 is 0. The average molecular weight is 354 g/mol. The normalized spacial score (nSPS) is 17.8. The predicted molar refractivity (Wildman–Crippen MR) is 103 cm³/mol. The van der Waals surface area contributed by atoms with E-state index in [1.165, 1.54) is 30.5 Å². The number of hydrogen-bond acceptors (Lipinski definition) is 2. The van der Waals surface area contributed by atoms with Gasteiger partial charge >= 0.3 is 0 Å². The summed E-state index contributed by atoms with van der Waals surface area (Å²) in [6, 6.07) is 14.3. The molecule has 2 aromatic carbocycles. The van der Waals surface area contributed by atoms with E-state index < -0.39 is 0 Å². The van der Waals surface area contributed by atoms with Gasteiger partial charge in [-0.25, -0.2) is 4.39 Å². The molecule has 1 aliphatic rings. The molecule has 3 nitrogen and oxygen atoms in total. The van der Waals surface area contributed by atoms with Crippen LogP contribution in [0, 0.1) is 11.7 Å². The topological polar surface area (TPSA) is 32.3 Å². The van der Waals surface area contributed by atoms with Crippen molar-refractivity contribution in [1.29, 1.82) is 0 Å². The van der Waals surface area contributed by atoms with E-state index in [2.05, 4.69) is 17.1 Å². The van der Waals surface area contributed by atoms with Gasteiger partial charge in [0.2, 0.25) is 0 Å². The molecule has 3 rings (SSSR count). The molecule has 2 aromatic rings. The molecule has 1 aliphatic heterocycles. The molecule has 1 heterocycles. The van der Waals surface area contributed by atoms with Gasteiger partial charge in [-0.1, -0.05) is 31.2 Å². The van der Waals surface area contributed by atoms with Gasteiger partial charge < -0.3 is 5.32 Å². The number of piperidine rings is 1. The Morgan fingerprint density at radius 3 is 2.50 bits per heavy atom. The summed E-state index contributed by atoms with van der Waals surface area (Å²) < 4.78 is 12.9. The maximum atomic E-state index is 12.9. The summed E-state index contributed by atoms with van der Waals surface area (Å²) in [4.78, 5) is 14.7. The largest absolute Gasteiger partial charge is 0.352 e. The van der Waals surface area contributed by atoms with Crippen LogP contribution in [0.2, 0.25) is 0 Å². The molecule has 0 aliphatic carbocycles. The number of carbonyl (C=O) groups excluding carboxylic acids is 1. The van der Waals surface area contributed by atoms with Crippen molar-refractivity contribution in [3.05, 3.63) is 71.0 Å². The number of benzene rings is 2. The van der Waals surface area contributed by atoms with Crippen LogP contribution in [0.25, 0.3) is 0 Å². The van der Waals surface area contributed by atoms with Crippen molar-refractivity contribution in [3.8, 4) is 0 Å². The van der Waals surface area contributed by atoms with Crippen molar-refractivity contribution in [2.45, 2.75) is 32.7 Å². The minimum absolute atomic E-state index is 0.0646. The Morgan fingerprint density at radius 1 is 1.12 bits per heavy atom. The van der Waals surface area contributed by atoms with E-state index in [9.17, 15) is 9.18 Å². The molecule has 4 heteroatoms. The third-order valence-corrected chi connectivity index (χ3v) is 4.98. The van der Waals surface area contributed by atoms with Crippen molar-refractivity contribution in [1.82, 2.24) is 10.2 Å². The van der Waals surface area contributed by atoms with Crippen LogP contribution in [0.5, 0.6) is 0 Å². The second kappa shape index (κ2) is 8.95. The third kappa shape index (κ3) is 5.40. The summed E-state index contributed by atoms with van der Waals surface area (Å²) in [7, 11) is 0. The maximum Gasteiger partial charge on any atom is 0.251 e. The van der Waals surface area contributed by atoms with Crippen molar-refractivity contribution in [3.63, 3.8) is 0 Å². The van der Waals surface area contributed by atoms with E-state index in [4.69, 9.17) is 0 Å². The molecule has 0 radical (unpaired) electrons. The Bertz CT molecular complexity index is 712. The van der Waals surface area contributed by atoms with Gasteiger partial charge in [-0.05, 0) is 67.1 Å². The molecule has 1 amide bonds. The van der Waals surface area contributed by atoms with E-state index in [1.54, 1.807) is 12.1 Å². The van der Waals surface area contributed by atoms with E-state index in [0.29, 0.717) is 18.5 Å². The van der Waals surface area contributed by atoms with Crippen LogP contribution in [0.1, 0.15) is 41.3 Å². The lowest BCUT2D eigenvalue weighted by atomic mass is 9.99. The van der Waals surface area contributed by atoms with Crippen molar-refractivity contribution < 1.29 is 9.18 Å². The smallest absolute Gasteiger partial charge is 0.251 e. The zero-order valence-electron chi connectivity index (χ0n) is 15.4. The van der Waals surface area contributed by atoms with Gasteiger partial charge in [-0.2, -0.15) is 0 Å². The highest BCUT2D eigenvalue weighted by Gasteiger charge is 2.16. The molecule has 0 spiro atoms. The first-order valence-electron chi connectivity index (χ1n) is 9.44. The number of rotatable bonds is 6. The van der Waals surface area contributed by atoms with E-state index in [-0.39, 0.29) is 11.7 Å². The standard InChI is InChI=1S/C22H27FN2O/c1-17-3-2-14-25(15-17)16-19-4-8-20(9-5-19)22(26)24-13-12-18-6-10-21(23)11-7-18/h4-11,17H,2-3,12-16H2,1H3,(H,24,26). The number of carbonyl (C=O) groups is 1. The fraction of sp³-hybridized carbons (Fsp3) is 0.409. The van der Waals surface area contributed by atoms with Crippen LogP contribution in [-0.2, 0) is 13.0 Å². The molecule has 1 unspecified atom stereocenters. The molecule has 1 atom stereocenters. The van der Waals surface area contributed by atoms with Gasteiger partial charge in [0.25, 0.3) is 5.91 Å². The third-order valence-electron chi connectivity index (χ3n) is 4.98. The lowest BCUT2D eigenvalue weighted by molar-refractivity contribution is 0.0954. The Morgan fingerprint density at radius 2 is 1.81 bits per heavy atom. The minimum Gasteiger partial charge on any atom is -0.352 e. The first kappa shape index (κ1) is 18.6. The van der Waals surface area contributed by atoms with Gasteiger partial charge in [0.15, 0.2) is 0 Å². The number of nitrogens with one attached hydrogen (secondary N) is 1. The molecule has 1 fully saturated rings. The number of likely N-dealkylation sites (tertiary alicyclic amines) is 1. The Kier molecular flexibility index (Phi) is 6.40. The van der Waals surface area contributed by atoms with Gasteiger partial charge in [0.05, 0.1) is 0 Å². The Hall–Kier alpha value is -2.20. The minimum atomic E-state index is -0.239. The highest BCUT2D eigenvalue weighted by atomic mass is 19.1. The molecule has 0 aromatic heterocycles. The van der Waals surface area contributed by atoms with Gasteiger partial charge in [-0.15, -0.1) is 0 Å². The second-order valence-electron chi connectivity index (χ2n) is 7.31. The quantitative estimate of drug-likeness (QED) is 0.849. The van der Waals surface area contributed by atoms with E-state index >= 15 is 0 Å². The van der Waals surface area contributed by atoms with Crippen LogP contribution in [-0.4, -0.2) is 30.4 Å². The monoisotopic (exact) mass is 354 g/mol. The first-order chi connectivity index (χ1) is 12.6. The van der Waals surface area contributed by atoms with E-state index in [0.717, 1.165) is 31.1 Å². The van der Waals surface area contributed by atoms with Crippen molar-refractivity contribution >= 4 is 5.91 Å². The van der Waals surface area contributed by atoms with Crippen LogP contribution in [0.15, 0.2) is 48.5 Å².